The van der Waals surface area contributed by atoms with Gasteiger partial charge in [0.05, 0.1) is 7.11 Å². The molecule has 3 nitrogen and oxygen atoms in total. The molecule has 3 heteroatoms. The van der Waals surface area contributed by atoms with Crippen LogP contribution in [0.1, 0.15) is 12.0 Å². The van der Waals surface area contributed by atoms with E-state index < -0.39 is 0 Å². The molecule has 1 aromatic carbocycles. The van der Waals surface area contributed by atoms with Gasteiger partial charge < -0.3 is 9.64 Å². The molecule has 0 N–H and O–H groups in total. The van der Waals surface area contributed by atoms with Crippen LogP contribution in [0.25, 0.3) is 0 Å². The minimum absolute atomic E-state index is 0.933. The second-order valence-corrected chi connectivity index (χ2v) is 4.46. The van der Waals surface area contributed by atoms with Crippen molar-refractivity contribution in [1.29, 1.82) is 0 Å². The average Bonchev–Trinajstić information content (AvgIpc) is 2.65. The van der Waals surface area contributed by atoms with Gasteiger partial charge in [-0.15, -0.1) is 0 Å². The van der Waals surface area contributed by atoms with Crippen LogP contribution in [0.15, 0.2) is 24.3 Å². The van der Waals surface area contributed by atoms with Gasteiger partial charge in [-0.25, -0.2) is 5.32 Å². The molecule has 0 aliphatic carbocycles. The number of rotatable bonds is 4. The Hall–Kier alpha value is -1.06. The first-order valence-electron chi connectivity index (χ1n) is 6.37. The second-order valence-electron chi connectivity index (χ2n) is 4.46. The van der Waals surface area contributed by atoms with Crippen molar-refractivity contribution in [3.8, 4) is 5.75 Å². The highest BCUT2D eigenvalue weighted by molar-refractivity contribution is 5.27. The minimum atomic E-state index is 0.933. The molecule has 0 aromatic heterocycles. The maximum absolute atomic E-state index is 5.16. The van der Waals surface area contributed by atoms with Gasteiger partial charge in [-0.2, -0.15) is 0 Å². The smallest absolute Gasteiger partial charge is 0.118 e. The summed E-state index contributed by atoms with van der Waals surface area (Å²) in [5.41, 5.74) is 1.38. The van der Waals surface area contributed by atoms with Crippen LogP contribution in [0.5, 0.6) is 5.75 Å². The molecule has 93 valence electrons. The minimum Gasteiger partial charge on any atom is -0.497 e. The first-order valence-corrected chi connectivity index (χ1v) is 6.37. The lowest BCUT2D eigenvalue weighted by Gasteiger charge is -2.19. The normalized spacial score (nSPS) is 17.7. The van der Waals surface area contributed by atoms with E-state index in [1.54, 1.807) is 7.11 Å². The molecule has 1 aliphatic rings. The van der Waals surface area contributed by atoms with Crippen molar-refractivity contribution >= 4 is 0 Å². The summed E-state index contributed by atoms with van der Waals surface area (Å²) in [5, 5.41) is 4.44. The third kappa shape index (κ3) is 4.02. The van der Waals surface area contributed by atoms with Crippen LogP contribution in [0.2, 0.25) is 0 Å². The molecule has 0 saturated carbocycles. The van der Waals surface area contributed by atoms with E-state index in [0.29, 0.717) is 0 Å². The van der Waals surface area contributed by atoms with Crippen LogP contribution < -0.4 is 10.1 Å². The van der Waals surface area contributed by atoms with Crippen LogP contribution in [0, 0.1) is 0 Å². The molecule has 1 aromatic rings. The van der Waals surface area contributed by atoms with Crippen molar-refractivity contribution < 1.29 is 4.74 Å². The van der Waals surface area contributed by atoms with E-state index in [4.69, 9.17) is 4.74 Å². The lowest BCUT2D eigenvalue weighted by Crippen LogP contribution is -2.29. The Morgan fingerprint density at radius 3 is 2.76 bits per heavy atom. The van der Waals surface area contributed by atoms with E-state index in [-0.39, 0.29) is 0 Å². The highest BCUT2D eigenvalue weighted by Crippen LogP contribution is 2.12. The molecular weight excluding hydrogens is 212 g/mol. The zero-order valence-corrected chi connectivity index (χ0v) is 10.6. The van der Waals surface area contributed by atoms with Gasteiger partial charge >= 0.3 is 0 Å². The van der Waals surface area contributed by atoms with Crippen molar-refractivity contribution in [3.63, 3.8) is 0 Å². The van der Waals surface area contributed by atoms with Crippen molar-refractivity contribution in [3.05, 3.63) is 29.8 Å². The van der Waals surface area contributed by atoms with Crippen LogP contribution in [0.3, 0.4) is 0 Å². The van der Waals surface area contributed by atoms with Crippen LogP contribution in [-0.4, -0.2) is 44.7 Å². The van der Waals surface area contributed by atoms with Crippen molar-refractivity contribution in [2.24, 2.45) is 0 Å². The SMILES string of the molecule is COc1ccc(CCN2CCC[N]CC2)cc1. The summed E-state index contributed by atoms with van der Waals surface area (Å²) in [6.45, 7) is 5.50. The Morgan fingerprint density at radius 2 is 2.00 bits per heavy atom. The van der Waals surface area contributed by atoms with E-state index in [0.717, 1.165) is 38.3 Å². The molecule has 0 amide bonds. The van der Waals surface area contributed by atoms with Crippen molar-refractivity contribution in [2.45, 2.75) is 12.8 Å². The van der Waals surface area contributed by atoms with Gasteiger partial charge in [0.1, 0.15) is 5.75 Å². The predicted molar refractivity (Wildman–Crippen MR) is 69.6 cm³/mol. The molecule has 2 rings (SSSR count). The molecule has 1 aliphatic heterocycles. The van der Waals surface area contributed by atoms with E-state index >= 15 is 0 Å². The fourth-order valence-electron chi connectivity index (χ4n) is 2.14. The van der Waals surface area contributed by atoms with Gasteiger partial charge in [0.15, 0.2) is 0 Å². The first-order chi connectivity index (χ1) is 8.38. The topological polar surface area (TPSA) is 26.6 Å². The summed E-state index contributed by atoms with van der Waals surface area (Å²) >= 11 is 0. The summed E-state index contributed by atoms with van der Waals surface area (Å²) in [5.74, 6) is 0.933. The highest BCUT2D eigenvalue weighted by Gasteiger charge is 2.08. The van der Waals surface area contributed by atoms with Crippen molar-refractivity contribution in [2.75, 3.05) is 39.8 Å². The van der Waals surface area contributed by atoms with Gasteiger partial charge in [-0.05, 0) is 37.1 Å². The van der Waals surface area contributed by atoms with E-state index in [9.17, 15) is 0 Å². The van der Waals surface area contributed by atoms with E-state index in [1.165, 1.54) is 18.5 Å². The molecule has 17 heavy (non-hydrogen) atoms. The number of nitrogens with zero attached hydrogens (tertiary/aromatic N) is 2. The zero-order chi connectivity index (χ0) is 11.9. The standard InChI is InChI=1S/C14H21N2O/c1-17-14-5-3-13(4-6-14)7-11-16-10-2-8-15-9-12-16/h3-6H,2,7-12H2,1H3. The molecular formula is C14H21N2O. The number of ether oxygens (including phenoxy) is 1. The summed E-state index contributed by atoms with van der Waals surface area (Å²) in [7, 11) is 1.70. The number of benzene rings is 1. The molecule has 0 atom stereocenters. The maximum Gasteiger partial charge on any atom is 0.118 e. The Morgan fingerprint density at radius 1 is 1.18 bits per heavy atom. The summed E-state index contributed by atoms with van der Waals surface area (Å²) in [6.07, 6.45) is 2.33. The average molecular weight is 233 g/mol. The maximum atomic E-state index is 5.16. The summed E-state index contributed by atoms with van der Waals surface area (Å²) < 4.78 is 5.16. The highest BCUT2D eigenvalue weighted by atomic mass is 16.5. The third-order valence-electron chi connectivity index (χ3n) is 3.24. The molecule has 0 unspecified atom stereocenters. The summed E-state index contributed by atoms with van der Waals surface area (Å²) in [6, 6.07) is 8.38. The molecule has 0 spiro atoms. The third-order valence-corrected chi connectivity index (χ3v) is 3.24. The largest absolute Gasteiger partial charge is 0.497 e. The van der Waals surface area contributed by atoms with Crippen LogP contribution >= 0.6 is 0 Å². The molecule has 1 fully saturated rings. The quantitative estimate of drug-likeness (QED) is 0.789. The Kier molecular flexibility index (Phi) is 4.83. The second kappa shape index (κ2) is 6.62. The Bertz CT molecular complexity index is 315. The monoisotopic (exact) mass is 233 g/mol. The van der Waals surface area contributed by atoms with Crippen LogP contribution in [0.4, 0.5) is 0 Å². The van der Waals surface area contributed by atoms with Gasteiger partial charge in [0.2, 0.25) is 0 Å². The lowest BCUT2D eigenvalue weighted by molar-refractivity contribution is 0.296. The van der Waals surface area contributed by atoms with E-state index in [2.05, 4.69) is 22.3 Å². The first kappa shape index (κ1) is 12.4. The van der Waals surface area contributed by atoms with Gasteiger partial charge in [0.25, 0.3) is 0 Å². The Labute approximate surface area is 104 Å². The van der Waals surface area contributed by atoms with Gasteiger partial charge in [0, 0.05) is 26.2 Å². The Balaban J connectivity index is 1.79. The summed E-state index contributed by atoms with van der Waals surface area (Å²) in [4.78, 5) is 2.51. The molecule has 1 saturated heterocycles. The fourth-order valence-corrected chi connectivity index (χ4v) is 2.14. The number of hydrogen-bond donors (Lipinski definition) is 0. The lowest BCUT2D eigenvalue weighted by atomic mass is 10.1. The molecule has 1 heterocycles. The molecule has 0 bridgehead atoms. The van der Waals surface area contributed by atoms with Gasteiger partial charge in [-0.3, -0.25) is 0 Å². The predicted octanol–water partition coefficient (Wildman–Crippen LogP) is 1.55. The zero-order valence-electron chi connectivity index (χ0n) is 10.6. The van der Waals surface area contributed by atoms with E-state index in [1.807, 2.05) is 12.1 Å². The number of hydrogen-bond acceptors (Lipinski definition) is 2. The van der Waals surface area contributed by atoms with Crippen molar-refractivity contribution in [1.82, 2.24) is 10.2 Å². The number of methoxy groups -OCH3 is 1. The molecule has 1 radical (unpaired) electrons. The van der Waals surface area contributed by atoms with Crippen LogP contribution in [-0.2, 0) is 6.42 Å². The fraction of sp³-hybridized carbons (Fsp3) is 0.571. The van der Waals surface area contributed by atoms with Gasteiger partial charge in [-0.1, -0.05) is 12.1 Å².